The van der Waals surface area contributed by atoms with E-state index in [4.69, 9.17) is 0 Å². The van der Waals surface area contributed by atoms with Gasteiger partial charge in [-0.05, 0) is 40.1 Å². The van der Waals surface area contributed by atoms with E-state index in [1.807, 2.05) is 24.3 Å². The third kappa shape index (κ3) is 4.31. The number of carbonyl (C=O) groups excluding carboxylic acids is 1. The average Bonchev–Trinajstić information content (AvgIpc) is 2.78. The molecule has 0 aliphatic rings. The first kappa shape index (κ1) is 20.7. The van der Waals surface area contributed by atoms with Gasteiger partial charge in [-0.15, -0.1) is 0 Å². The van der Waals surface area contributed by atoms with Crippen molar-refractivity contribution >= 4 is 22.4 Å². The van der Waals surface area contributed by atoms with Crippen LogP contribution >= 0.6 is 0 Å². The molecule has 0 spiro atoms. The lowest BCUT2D eigenvalue weighted by molar-refractivity contribution is -0.153. The topological polar surface area (TPSA) is 29.1 Å². The van der Waals surface area contributed by atoms with Crippen LogP contribution in [0.1, 0.15) is 17.5 Å². The molecule has 2 nitrogen and oxygen atoms in total. The lowest BCUT2D eigenvalue weighted by Gasteiger charge is -2.34. The Labute approximate surface area is 178 Å². The second kappa shape index (κ2) is 8.26. The number of nitrogens with one attached hydrogen (secondary N) is 1. The van der Waals surface area contributed by atoms with Crippen molar-refractivity contribution in [2.45, 2.75) is 18.0 Å². The number of benzene rings is 4. The van der Waals surface area contributed by atoms with Crippen molar-refractivity contribution in [1.82, 2.24) is 0 Å². The van der Waals surface area contributed by atoms with Crippen molar-refractivity contribution in [2.75, 3.05) is 5.32 Å². The van der Waals surface area contributed by atoms with Crippen LogP contribution in [0.4, 0.5) is 18.9 Å². The van der Waals surface area contributed by atoms with Crippen LogP contribution < -0.4 is 5.32 Å². The lowest BCUT2D eigenvalue weighted by atomic mass is 9.70. The summed E-state index contributed by atoms with van der Waals surface area (Å²) in [6.45, 7) is 0. The number of rotatable bonds is 5. The zero-order valence-corrected chi connectivity index (χ0v) is 16.6. The summed E-state index contributed by atoms with van der Waals surface area (Å²) < 4.78 is 41.9. The molecule has 0 fully saturated rings. The Morgan fingerprint density at radius 2 is 1.26 bits per heavy atom. The minimum absolute atomic E-state index is 0.288. The summed E-state index contributed by atoms with van der Waals surface area (Å²) in [6, 6.07) is 29.2. The van der Waals surface area contributed by atoms with Gasteiger partial charge in [-0.2, -0.15) is 13.2 Å². The molecular weight excluding hydrogens is 399 g/mol. The van der Waals surface area contributed by atoms with Crippen LogP contribution in [0.2, 0.25) is 0 Å². The standard InChI is InChI=1S/C26H20F3NO/c27-26(28,29)18-25(21-11-3-1-4-12-21,24(31)30-23-13-5-2-6-14-23)22-16-15-19-9-7-8-10-20(19)17-22/h1-17H,18H2,(H,30,31)/t25-/m0/s1. The summed E-state index contributed by atoms with van der Waals surface area (Å²) in [5, 5.41) is 4.38. The van der Waals surface area contributed by atoms with Gasteiger partial charge in [0, 0.05) is 5.69 Å². The molecule has 1 N–H and O–H groups in total. The molecule has 0 saturated carbocycles. The first-order chi connectivity index (χ1) is 14.9. The molecule has 1 amide bonds. The smallest absolute Gasteiger partial charge is 0.325 e. The molecule has 0 aliphatic carbocycles. The summed E-state index contributed by atoms with van der Waals surface area (Å²) in [6.07, 6.45) is -5.89. The maximum Gasteiger partial charge on any atom is 0.390 e. The number of halogens is 3. The molecule has 0 aromatic heterocycles. The summed E-state index contributed by atoms with van der Waals surface area (Å²) in [4.78, 5) is 13.6. The van der Waals surface area contributed by atoms with Crippen molar-refractivity contribution in [3.05, 3.63) is 114 Å². The van der Waals surface area contributed by atoms with E-state index < -0.39 is 23.9 Å². The first-order valence-corrected chi connectivity index (χ1v) is 9.86. The summed E-state index contributed by atoms with van der Waals surface area (Å²) in [7, 11) is 0. The average molecular weight is 419 g/mol. The SMILES string of the molecule is O=C(Nc1ccccc1)[C@@](CC(F)(F)F)(c1ccccc1)c1ccc2ccccc2c1. The van der Waals surface area contributed by atoms with E-state index in [-0.39, 0.29) is 5.56 Å². The molecule has 0 saturated heterocycles. The molecule has 156 valence electrons. The molecule has 4 aromatic rings. The third-order valence-corrected chi connectivity index (χ3v) is 5.39. The van der Waals surface area contributed by atoms with Crippen LogP contribution in [0.3, 0.4) is 0 Å². The van der Waals surface area contributed by atoms with E-state index in [9.17, 15) is 18.0 Å². The Hall–Kier alpha value is -3.60. The second-order valence-corrected chi connectivity index (χ2v) is 7.45. The summed E-state index contributed by atoms with van der Waals surface area (Å²) >= 11 is 0. The van der Waals surface area contributed by atoms with Crippen LogP contribution in [-0.2, 0) is 10.2 Å². The minimum atomic E-state index is -4.57. The van der Waals surface area contributed by atoms with Crippen molar-refractivity contribution in [2.24, 2.45) is 0 Å². The summed E-state index contributed by atoms with van der Waals surface area (Å²) in [5.41, 5.74) is -0.922. The van der Waals surface area contributed by atoms with Crippen LogP contribution in [0.25, 0.3) is 10.8 Å². The fraction of sp³-hybridized carbons (Fsp3) is 0.115. The molecule has 31 heavy (non-hydrogen) atoms. The molecule has 0 unspecified atom stereocenters. The van der Waals surface area contributed by atoms with Crippen molar-refractivity contribution in [3.63, 3.8) is 0 Å². The maximum atomic E-state index is 14.0. The van der Waals surface area contributed by atoms with E-state index in [0.29, 0.717) is 11.3 Å². The first-order valence-electron chi connectivity index (χ1n) is 9.86. The molecular formula is C26H20F3NO. The highest BCUT2D eigenvalue weighted by Crippen LogP contribution is 2.43. The molecule has 0 heterocycles. The number of carbonyl (C=O) groups is 1. The van der Waals surface area contributed by atoms with Gasteiger partial charge in [0.1, 0.15) is 5.41 Å². The van der Waals surface area contributed by atoms with Crippen LogP contribution in [0, 0.1) is 0 Å². The molecule has 0 radical (unpaired) electrons. The van der Waals surface area contributed by atoms with Crippen molar-refractivity contribution in [1.29, 1.82) is 0 Å². The molecule has 0 bridgehead atoms. The van der Waals surface area contributed by atoms with Gasteiger partial charge >= 0.3 is 6.18 Å². The Morgan fingerprint density at radius 3 is 1.90 bits per heavy atom. The number of anilines is 1. The number of para-hydroxylation sites is 1. The van der Waals surface area contributed by atoms with Crippen LogP contribution in [-0.4, -0.2) is 12.1 Å². The predicted molar refractivity (Wildman–Crippen MR) is 117 cm³/mol. The number of hydrogen-bond donors (Lipinski definition) is 1. The molecule has 1 atom stereocenters. The monoisotopic (exact) mass is 419 g/mol. The highest BCUT2D eigenvalue weighted by atomic mass is 19.4. The van der Waals surface area contributed by atoms with E-state index in [1.165, 1.54) is 0 Å². The third-order valence-electron chi connectivity index (χ3n) is 5.39. The predicted octanol–water partition coefficient (Wildman–Crippen LogP) is 6.72. The maximum absolute atomic E-state index is 14.0. The quantitative estimate of drug-likeness (QED) is 0.382. The highest BCUT2D eigenvalue weighted by molar-refractivity contribution is 6.02. The number of alkyl halides is 3. The highest BCUT2D eigenvalue weighted by Gasteiger charge is 2.50. The van der Waals surface area contributed by atoms with Crippen molar-refractivity contribution < 1.29 is 18.0 Å². The van der Waals surface area contributed by atoms with Crippen LogP contribution in [0.5, 0.6) is 0 Å². The molecule has 4 aromatic carbocycles. The Morgan fingerprint density at radius 1 is 0.677 bits per heavy atom. The van der Waals surface area contributed by atoms with E-state index in [2.05, 4.69) is 5.32 Å². The zero-order valence-electron chi connectivity index (χ0n) is 16.6. The molecule has 0 aliphatic heterocycles. The van der Waals surface area contributed by atoms with Gasteiger partial charge in [-0.3, -0.25) is 4.79 Å². The second-order valence-electron chi connectivity index (χ2n) is 7.45. The van der Waals surface area contributed by atoms with Gasteiger partial charge in [0.25, 0.3) is 0 Å². The minimum Gasteiger partial charge on any atom is -0.325 e. The summed E-state index contributed by atoms with van der Waals surface area (Å²) in [5.74, 6) is -0.725. The normalized spacial score (nSPS) is 13.5. The van der Waals surface area contributed by atoms with Gasteiger partial charge in [0.05, 0.1) is 6.42 Å². The van der Waals surface area contributed by atoms with Crippen molar-refractivity contribution in [3.8, 4) is 0 Å². The Kier molecular flexibility index (Phi) is 5.51. The van der Waals surface area contributed by atoms with Gasteiger partial charge in [0.2, 0.25) is 5.91 Å². The van der Waals surface area contributed by atoms with Gasteiger partial charge < -0.3 is 5.32 Å². The fourth-order valence-corrected chi connectivity index (χ4v) is 3.95. The zero-order chi connectivity index (χ0) is 21.9. The van der Waals surface area contributed by atoms with Gasteiger partial charge in [0.15, 0.2) is 0 Å². The van der Waals surface area contributed by atoms with E-state index in [0.717, 1.165) is 10.8 Å². The van der Waals surface area contributed by atoms with E-state index in [1.54, 1.807) is 78.9 Å². The van der Waals surface area contributed by atoms with Crippen LogP contribution in [0.15, 0.2) is 103 Å². The van der Waals surface area contributed by atoms with Gasteiger partial charge in [-0.25, -0.2) is 0 Å². The number of fused-ring (bicyclic) bond motifs is 1. The Balaban J connectivity index is 1.95. The molecule has 4 rings (SSSR count). The van der Waals surface area contributed by atoms with Gasteiger partial charge in [-0.1, -0.05) is 84.9 Å². The molecule has 5 heteroatoms. The largest absolute Gasteiger partial charge is 0.390 e. The fourth-order valence-electron chi connectivity index (χ4n) is 3.95. The van der Waals surface area contributed by atoms with E-state index >= 15 is 0 Å². The number of hydrogen-bond acceptors (Lipinski definition) is 1. The lowest BCUT2D eigenvalue weighted by Crippen LogP contribution is -2.45. The number of amides is 1. The Bertz CT molecular complexity index is 1190.